The zero-order valence-electron chi connectivity index (χ0n) is 26.2. The number of fused-ring (bicyclic) bond motifs is 1. The highest BCUT2D eigenvalue weighted by atomic mass is 35.5. The van der Waals surface area contributed by atoms with E-state index in [2.05, 4.69) is 35.2 Å². The lowest BCUT2D eigenvalue weighted by atomic mass is 10.0. The summed E-state index contributed by atoms with van der Waals surface area (Å²) in [6, 6.07) is 16.0. The van der Waals surface area contributed by atoms with Crippen LogP contribution < -0.4 is 0 Å². The number of tetrazole rings is 1. The van der Waals surface area contributed by atoms with Crippen LogP contribution in [0.3, 0.4) is 0 Å². The van der Waals surface area contributed by atoms with E-state index in [1.165, 1.54) is 18.1 Å². The molecule has 0 fully saturated rings. The molecule has 10 nitrogen and oxygen atoms in total. The molecule has 0 saturated carbocycles. The Morgan fingerprint density at radius 3 is 2.59 bits per heavy atom. The van der Waals surface area contributed by atoms with Crippen LogP contribution >= 0.6 is 11.6 Å². The normalized spacial score (nSPS) is 16.0. The summed E-state index contributed by atoms with van der Waals surface area (Å²) >= 11 is 6.37. The lowest BCUT2D eigenvalue weighted by Crippen LogP contribution is -2.22. The Morgan fingerprint density at radius 2 is 1.87 bits per heavy atom. The van der Waals surface area contributed by atoms with Crippen LogP contribution in [-0.4, -0.2) is 62.5 Å². The highest BCUT2D eigenvalue weighted by molar-refractivity contribution is 6.76. The van der Waals surface area contributed by atoms with Crippen LogP contribution in [0.25, 0.3) is 28.1 Å². The molecule has 3 aromatic heterocycles. The van der Waals surface area contributed by atoms with Crippen LogP contribution in [0.5, 0.6) is 0 Å². The number of methoxy groups -OCH3 is 1. The number of nitrogens with zero attached hydrogens (tertiary/aromatic N) is 7. The van der Waals surface area contributed by atoms with Crippen molar-refractivity contribution < 1.29 is 18.7 Å². The molecule has 46 heavy (non-hydrogen) atoms. The molecule has 2 atom stereocenters. The molecule has 2 unspecified atom stereocenters. The predicted molar refractivity (Wildman–Crippen MR) is 175 cm³/mol. The van der Waals surface area contributed by atoms with E-state index in [9.17, 15) is 4.79 Å². The van der Waals surface area contributed by atoms with Crippen molar-refractivity contribution in [3.05, 3.63) is 94.9 Å². The molecule has 0 bridgehead atoms. The fourth-order valence-corrected chi connectivity index (χ4v) is 6.60. The molecule has 5 aromatic rings. The summed E-state index contributed by atoms with van der Waals surface area (Å²) in [6.45, 7) is 7.84. The molecule has 0 saturated heterocycles. The first-order chi connectivity index (χ1) is 22.1. The van der Waals surface area contributed by atoms with E-state index in [-0.39, 0.29) is 31.5 Å². The number of ether oxygens (including phenoxy) is 2. The van der Waals surface area contributed by atoms with E-state index in [0.29, 0.717) is 40.0 Å². The summed E-state index contributed by atoms with van der Waals surface area (Å²) in [5, 5.41) is 12.0. The number of esters is 1. The minimum atomic E-state index is -1.30. The van der Waals surface area contributed by atoms with Crippen LogP contribution in [-0.2, 0) is 27.4 Å². The third kappa shape index (κ3) is 6.79. The Morgan fingerprint density at radius 1 is 1.07 bits per heavy atom. The van der Waals surface area contributed by atoms with Crippen molar-refractivity contribution in [2.24, 2.45) is 0 Å². The number of alkyl halides is 1. The Balaban J connectivity index is 1.35. The first kappa shape index (κ1) is 31.7. The molecule has 6 rings (SSSR count). The number of pyridine rings is 1. The Kier molecular flexibility index (Phi) is 9.12. The molecule has 0 amide bonds. The molecular weight excluding hydrogens is 625 g/mol. The molecule has 13 heteroatoms. The second-order valence-corrected chi connectivity index (χ2v) is 18.7. The van der Waals surface area contributed by atoms with Crippen molar-refractivity contribution in [2.75, 3.05) is 13.7 Å². The van der Waals surface area contributed by atoms with Crippen LogP contribution in [0, 0.1) is 0 Å². The van der Waals surface area contributed by atoms with E-state index in [4.69, 9.17) is 31.0 Å². The van der Waals surface area contributed by atoms with E-state index < -0.39 is 14.2 Å². The first-order valence-corrected chi connectivity index (χ1v) is 19.2. The van der Waals surface area contributed by atoms with Gasteiger partial charge in [-0.2, -0.15) is 4.68 Å². The van der Waals surface area contributed by atoms with Crippen LogP contribution in [0.15, 0.2) is 67.3 Å². The zero-order valence-corrected chi connectivity index (χ0v) is 27.9. The maximum absolute atomic E-state index is 15.9. The summed E-state index contributed by atoms with van der Waals surface area (Å²) in [5.74, 6) is 0.0277. The second kappa shape index (κ2) is 13.2. The van der Waals surface area contributed by atoms with E-state index in [1.807, 2.05) is 41.0 Å². The van der Waals surface area contributed by atoms with Gasteiger partial charge in [-0.3, -0.25) is 9.78 Å². The van der Waals surface area contributed by atoms with Gasteiger partial charge in [-0.05, 0) is 58.3 Å². The summed E-state index contributed by atoms with van der Waals surface area (Å²) in [4.78, 5) is 21.4. The summed E-state index contributed by atoms with van der Waals surface area (Å²) in [5.41, 5.74) is 5.93. The third-order valence-electron chi connectivity index (χ3n) is 8.17. The topological polar surface area (TPSA) is 110 Å². The molecule has 1 aliphatic rings. The Hall–Kier alpha value is -4.26. The van der Waals surface area contributed by atoms with Gasteiger partial charge in [0, 0.05) is 42.6 Å². The van der Waals surface area contributed by atoms with Gasteiger partial charge < -0.3 is 14.0 Å². The van der Waals surface area contributed by atoms with Gasteiger partial charge in [0.25, 0.3) is 0 Å². The lowest BCUT2D eigenvalue weighted by Gasteiger charge is -2.19. The number of rotatable bonds is 11. The van der Waals surface area contributed by atoms with Crippen molar-refractivity contribution in [1.29, 1.82) is 0 Å². The van der Waals surface area contributed by atoms with E-state index >= 15 is 4.39 Å². The largest absolute Gasteiger partial charge is 0.469 e. The minimum Gasteiger partial charge on any atom is -0.469 e. The number of hydrogen-bond acceptors (Lipinski definition) is 8. The van der Waals surface area contributed by atoms with Gasteiger partial charge in [-0.25, -0.2) is 9.37 Å². The summed E-state index contributed by atoms with van der Waals surface area (Å²) in [6.07, 6.45) is 4.21. The maximum Gasteiger partial charge on any atom is 0.309 e. The van der Waals surface area contributed by atoms with Gasteiger partial charge in [0.1, 0.15) is 25.1 Å². The highest BCUT2D eigenvalue weighted by Crippen LogP contribution is 2.46. The van der Waals surface area contributed by atoms with Gasteiger partial charge >= 0.3 is 5.97 Å². The quantitative estimate of drug-likeness (QED) is 0.0864. The molecule has 0 spiro atoms. The first-order valence-electron chi connectivity index (χ1n) is 15.1. The SMILES string of the molecule is COC(=O)Cc1ccc(-c2cnc(C3CC(F)c4cc(-c5cc(Cl)ccc5-n5cnnn5)cnc43)n2COCC[Si](C)(C)C)cc1. The number of carbonyl (C=O) groups is 1. The summed E-state index contributed by atoms with van der Waals surface area (Å²) < 4.78 is 30.5. The van der Waals surface area contributed by atoms with Gasteiger partial charge in [-0.1, -0.05) is 55.5 Å². The number of halogens is 2. The van der Waals surface area contributed by atoms with Crippen molar-refractivity contribution in [3.63, 3.8) is 0 Å². The van der Waals surface area contributed by atoms with Crippen molar-refractivity contribution in [2.45, 2.75) is 57.3 Å². The number of benzene rings is 2. The van der Waals surface area contributed by atoms with Crippen LogP contribution in [0.4, 0.5) is 4.39 Å². The predicted octanol–water partition coefficient (Wildman–Crippen LogP) is 6.82. The van der Waals surface area contributed by atoms with Crippen molar-refractivity contribution in [3.8, 4) is 28.1 Å². The third-order valence-corrected chi connectivity index (χ3v) is 10.1. The zero-order chi connectivity index (χ0) is 32.4. The Labute approximate surface area is 272 Å². The van der Waals surface area contributed by atoms with Crippen LogP contribution in [0.2, 0.25) is 30.7 Å². The average Bonchev–Trinajstić information content (AvgIpc) is 3.79. The monoisotopic (exact) mass is 659 g/mol. The fourth-order valence-electron chi connectivity index (χ4n) is 5.67. The average molecular weight is 660 g/mol. The standard InChI is InChI=1S/C33H35ClFN7O3Si/c1-44-31(43)13-21-5-7-22(8-6-21)30-18-37-33(41(30)20-45-11-12-46(2,3)4)27-16-28(35)26-14-23(17-36-32(26)27)25-15-24(34)9-10-29(25)42-19-38-39-40-42/h5-10,14-15,17-19,27-28H,11-13,16,20H2,1-4H3. The number of imidazole rings is 1. The van der Waals surface area contributed by atoms with Gasteiger partial charge in [-0.15, -0.1) is 5.10 Å². The lowest BCUT2D eigenvalue weighted by molar-refractivity contribution is -0.139. The van der Waals surface area contributed by atoms with E-state index in [0.717, 1.165) is 28.4 Å². The molecule has 0 aliphatic heterocycles. The second-order valence-electron chi connectivity index (χ2n) is 12.6. The van der Waals surface area contributed by atoms with Crippen LogP contribution in [0.1, 0.15) is 41.2 Å². The Bertz CT molecular complexity index is 1840. The molecular formula is C33H35ClFN7O3Si. The number of carbonyl (C=O) groups excluding carboxylic acids is 1. The number of hydrogen-bond donors (Lipinski definition) is 0. The smallest absolute Gasteiger partial charge is 0.309 e. The van der Waals surface area contributed by atoms with E-state index in [1.54, 1.807) is 24.5 Å². The molecule has 3 heterocycles. The van der Waals surface area contributed by atoms with Gasteiger partial charge in [0.15, 0.2) is 0 Å². The van der Waals surface area contributed by atoms with Gasteiger partial charge in [0.2, 0.25) is 0 Å². The molecule has 2 aromatic carbocycles. The van der Waals surface area contributed by atoms with Gasteiger partial charge in [0.05, 0.1) is 42.7 Å². The van der Waals surface area contributed by atoms with Crippen molar-refractivity contribution >= 4 is 25.6 Å². The molecule has 0 N–H and O–H groups in total. The molecule has 1 aliphatic carbocycles. The molecule has 0 radical (unpaired) electrons. The van der Waals surface area contributed by atoms with Crippen molar-refractivity contribution in [1.82, 2.24) is 34.7 Å². The number of aromatic nitrogens is 7. The minimum absolute atomic E-state index is 0.192. The maximum atomic E-state index is 15.9. The molecule has 238 valence electrons. The highest BCUT2D eigenvalue weighted by Gasteiger charge is 2.37. The fraction of sp³-hybridized carbons (Fsp3) is 0.333. The summed E-state index contributed by atoms with van der Waals surface area (Å²) in [7, 11) is 0.0756.